The van der Waals surface area contributed by atoms with Crippen molar-refractivity contribution in [1.29, 1.82) is 0 Å². The first-order valence-corrected chi connectivity index (χ1v) is 6.23. The van der Waals surface area contributed by atoms with Crippen LogP contribution in [0.2, 0.25) is 0 Å². The quantitative estimate of drug-likeness (QED) is 0.879. The Balaban J connectivity index is 1.75. The molecule has 2 N–H and O–H groups in total. The van der Waals surface area contributed by atoms with Crippen LogP contribution in [0.25, 0.3) is 11.4 Å². The van der Waals surface area contributed by atoms with E-state index >= 15 is 0 Å². The highest BCUT2D eigenvalue weighted by molar-refractivity contribution is 5.56. The fraction of sp³-hybridized carbons (Fsp3) is 0.385. The largest absolute Gasteiger partial charge is 0.488 e. The molecule has 1 aliphatic heterocycles. The number of likely N-dealkylation sites (tertiary alicyclic amines) is 1. The van der Waals surface area contributed by atoms with Crippen LogP contribution in [-0.2, 0) is 6.54 Å². The molecule has 0 bridgehead atoms. The molecule has 0 radical (unpaired) electrons. The van der Waals surface area contributed by atoms with Crippen LogP contribution < -0.4 is 10.5 Å². The number of rotatable bonds is 4. The zero-order valence-corrected chi connectivity index (χ0v) is 10.7. The van der Waals surface area contributed by atoms with Crippen LogP contribution in [-0.4, -0.2) is 41.3 Å². The molecule has 1 aromatic carbocycles. The number of benzene rings is 1. The summed E-state index contributed by atoms with van der Waals surface area (Å²) in [4.78, 5) is 6.41. The second-order valence-corrected chi connectivity index (χ2v) is 4.70. The van der Waals surface area contributed by atoms with Crippen LogP contribution in [0, 0.1) is 0 Å². The summed E-state index contributed by atoms with van der Waals surface area (Å²) in [6, 6.07) is 7.70. The van der Waals surface area contributed by atoms with Crippen molar-refractivity contribution in [2.75, 3.05) is 20.1 Å². The van der Waals surface area contributed by atoms with Crippen molar-refractivity contribution in [2.24, 2.45) is 5.73 Å². The summed E-state index contributed by atoms with van der Waals surface area (Å²) in [5.74, 6) is 1.80. The van der Waals surface area contributed by atoms with Gasteiger partial charge in [0.15, 0.2) is 0 Å². The van der Waals surface area contributed by atoms with Gasteiger partial charge in [-0.05, 0) is 19.2 Å². The summed E-state index contributed by atoms with van der Waals surface area (Å²) in [5, 5.41) is 3.89. The number of likely N-dealkylation sites (N-methyl/N-ethyl adjacent to an activating group) is 1. The third-order valence-electron chi connectivity index (χ3n) is 3.07. The Morgan fingerprint density at radius 1 is 1.47 bits per heavy atom. The molecule has 0 atom stereocenters. The highest BCUT2D eigenvalue weighted by Crippen LogP contribution is 2.23. The molecule has 1 aromatic heterocycles. The molecule has 2 aromatic rings. The molecular formula is C13H16N4O2. The Kier molecular flexibility index (Phi) is 3.18. The Morgan fingerprint density at radius 3 is 3.00 bits per heavy atom. The van der Waals surface area contributed by atoms with Gasteiger partial charge in [0, 0.05) is 18.7 Å². The van der Waals surface area contributed by atoms with Gasteiger partial charge in [0.05, 0.1) is 6.54 Å². The fourth-order valence-corrected chi connectivity index (χ4v) is 2.07. The van der Waals surface area contributed by atoms with Gasteiger partial charge in [-0.2, -0.15) is 4.98 Å². The molecule has 3 rings (SSSR count). The maximum absolute atomic E-state index is 5.86. The van der Waals surface area contributed by atoms with Gasteiger partial charge in [0.1, 0.15) is 11.9 Å². The molecule has 0 unspecified atom stereocenters. The van der Waals surface area contributed by atoms with Crippen molar-refractivity contribution in [2.45, 2.75) is 12.6 Å². The summed E-state index contributed by atoms with van der Waals surface area (Å²) in [6.07, 6.45) is 0.269. The van der Waals surface area contributed by atoms with Gasteiger partial charge in [-0.1, -0.05) is 17.3 Å². The van der Waals surface area contributed by atoms with Gasteiger partial charge in [-0.25, -0.2) is 0 Å². The summed E-state index contributed by atoms with van der Waals surface area (Å²) in [7, 11) is 2.07. The highest BCUT2D eigenvalue weighted by atomic mass is 16.5. The van der Waals surface area contributed by atoms with E-state index < -0.39 is 0 Å². The lowest BCUT2D eigenvalue weighted by Gasteiger charge is -2.36. The fourth-order valence-electron chi connectivity index (χ4n) is 2.07. The Morgan fingerprint density at radius 2 is 2.32 bits per heavy atom. The second kappa shape index (κ2) is 4.99. The van der Waals surface area contributed by atoms with Gasteiger partial charge >= 0.3 is 0 Å². The average Bonchev–Trinajstić information content (AvgIpc) is 2.86. The SMILES string of the molecule is CN1CC(Oc2cccc(-c3noc(CN)n3)c2)C1. The van der Waals surface area contributed by atoms with Crippen LogP contribution >= 0.6 is 0 Å². The van der Waals surface area contributed by atoms with Crippen molar-refractivity contribution in [3.05, 3.63) is 30.2 Å². The number of ether oxygens (including phenoxy) is 1. The molecule has 1 aliphatic rings. The minimum Gasteiger partial charge on any atom is -0.488 e. The van der Waals surface area contributed by atoms with Crippen molar-refractivity contribution >= 4 is 0 Å². The smallest absolute Gasteiger partial charge is 0.240 e. The lowest BCUT2D eigenvalue weighted by Crippen LogP contribution is -2.51. The first-order chi connectivity index (χ1) is 9.24. The maximum Gasteiger partial charge on any atom is 0.240 e. The normalized spacial score (nSPS) is 16.3. The van der Waals surface area contributed by atoms with Crippen molar-refractivity contribution in [3.8, 4) is 17.1 Å². The van der Waals surface area contributed by atoms with Gasteiger partial charge in [-0.15, -0.1) is 0 Å². The van der Waals surface area contributed by atoms with E-state index in [4.69, 9.17) is 15.0 Å². The zero-order valence-electron chi connectivity index (χ0n) is 10.7. The van der Waals surface area contributed by atoms with E-state index in [1.165, 1.54) is 0 Å². The maximum atomic E-state index is 5.86. The van der Waals surface area contributed by atoms with E-state index in [1.807, 2.05) is 24.3 Å². The van der Waals surface area contributed by atoms with E-state index in [0.29, 0.717) is 11.7 Å². The van der Waals surface area contributed by atoms with Crippen molar-refractivity contribution in [1.82, 2.24) is 15.0 Å². The number of nitrogens with zero attached hydrogens (tertiary/aromatic N) is 3. The standard InChI is InChI=1S/C13H16N4O2/c1-17-7-11(8-17)18-10-4-2-3-9(5-10)13-15-12(6-14)19-16-13/h2-5,11H,6-8,14H2,1H3. The molecule has 6 heteroatoms. The molecule has 2 heterocycles. The van der Waals surface area contributed by atoms with Crippen LogP contribution in [0.15, 0.2) is 28.8 Å². The van der Waals surface area contributed by atoms with Crippen LogP contribution in [0.1, 0.15) is 5.89 Å². The van der Waals surface area contributed by atoms with E-state index in [2.05, 4.69) is 22.1 Å². The van der Waals surface area contributed by atoms with Crippen LogP contribution in [0.3, 0.4) is 0 Å². The number of hydrogen-bond donors (Lipinski definition) is 1. The Labute approximate surface area is 111 Å². The molecule has 100 valence electrons. The molecule has 0 spiro atoms. The predicted octanol–water partition coefficient (Wildman–Crippen LogP) is 0.888. The van der Waals surface area contributed by atoms with E-state index in [0.717, 1.165) is 24.4 Å². The number of hydrogen-bond acceptors (Lipinski definition) is 6. The van der Waals surface area contributed by atoms with Crippen molar-refractivity contribution in [3.63, 3.8) is 0 Å². The molecule has 19 heavy (non-hydrogen) atoms. The van der Waals surface area contributed by atoms with Gasteiger partial charge in [0.2, 0.25) is 11.7 Å². The average molecular weight is 260 g/mol. The zero-order chi connectivity index (χ0) is 13.2. The Bertz CT molecular complexity index is 563. The summed E-state index contributed by atoms with van der Waals surface area (Å²) in [5.41, 5.74) is 6.32. The number of aromatic nitrogens is 2. The summed E-state index contributed by atoms with van der Waals surface area (Å²) in [6.45, 7) is 2.17. The molecule has 0 amide bonds. The monoisotopic (exact) mass is 260 g/mol. The van der Waals surface area contributed by atoms with Gasteiger partial charge in [-0.3, -0.25) is 4.90 Å². The minimum atomic E-state index is 0.248. The van der Waals surface area contributed by atoms with E-state index in [1.54, 1.807) is 0 Å². The highest BCUT2D eigenvalue weighted by Gasteiger charge is 2.24. The molecule has 6 nitrogen and oxygen atoms in total. The molecule has 0 aliphatic carbocycles. The second-order valence-electron chi connectivity index (χ2n) is 4.70. The van der Waals surface area contributed by atoms with Crippen molar-refractivity contribution < 1.29 is 9.26 Å². The third kappa shape index (κ3) is 2.59. The number of nitrogens with two attached hydrogens (primary N) is 1. The Hall–Kier alpha value is -1.92. The first kappa shape index (κ1) is 12.1. The van der Waals surface area contributed by atoms with Gasteiger partial charge in [0.25, 0.3) is 0 Å². The molecule has 1 fully saturated rings. The summed E-state index contributed by atoms with van der Waals surface area (Å²) >= 11 is 0. The van der Waals surface area contributed by atoms with E-state index in [-0.39, 0.29) is 12.6 Å². The third-order valence-corrected chi connectivity index (χ3v) is 3.07. The minimum absolute atomic E-state index is 0.248. The molecular weight excluding hydrogens is 244 g/mol. The molecule has 1 saturated heterocycles. The first-order valence-electron chi connectivity index (χ1n) is 6.23. The van der Waals surface area contributed by atoms with Gasteiger partial charge < -0.3 is 15.0 Å². The lowest BCUT2D eigenvalue weighted by molar-refractivity contribution is 0.0389. The van der Waals surface area contributed by atoms with Crippen LogP contribution in [0.4, 0.5) is 0 Å². The summed E-state index contributed by atoms with van der Waals surface area (Å²) < 4.78 is 10.9. The molecule has 0 saturated carbocycles. The predicted molar refractivity (Wildman–Crippen MR) is 69.5 cm³/mol. The van der Waals surface area contributed by atoms with Crippen LogP contribution in [0.5, 0.6) is 5.75 Å². The topological polar surface area (TPSA) is 77.4 Å². The lowest BCUT2D eigenvalue weighted by atomic mass is 10.1. The van der Waals surface area contributed by atoms with E-state index in [9.17, 15) is 0 Å².